The van der Waals surface area contributed by atoms with Crippen molar-refractivity contribution in [2.45, 2.75) is 76.4 Å². The minimum Gasteiger partial charge on any atom is -0.332 e. The van der Waals surface area contributed by atoms with Crippen molar-refractivity contribution < 1.29 is 4.79 Å². The van der Waals surface area contributed by atoms with Gasteiger partial charge in [-0.1, -0.05) is 67.1 Å². The maximum Gasteiger partial charge on any atom is 0.227 e. The predicted molar refractivity (Wildman–Crippen MR) is 130 cm³/mol. The van der Waals surface area contributed by atoms with Crippen LogP contribution in [0, 0.1) is 0 Å². The summed E-state index contributed by atoms with van der Waals surface area (Å²) in [6.07, 6.45) is 9.58. The fourth-order valence-electron chi connectivity index (χ4n) is 5.49. The first kappa shape index (κ1) is 21.8. The zero-order chi connectivity index (χ0) is 22.1. The van der Waals surface area contributed by atoms with E-state index in [1.807, 2.05) is 42.5 Å². The fourth-order valence-corrected chi connectivity index (χ4v) is 5.86. The third-order valence-electron chi connectivity index (χ3n) is 7.11. The van der Waals surface area contributed by atoms with Crippen LogP contribution in [0.5, 0.6) is 0 Å². The standard InChI is InChI=1S/C26H29Cl2N3O/c27-19-13-14-23-24(16-19)31(21-10-4-5-11-21)25(29-23)17-30(20-8-2-3-9-20)26(32)15-18-7-1-6-12-22(18)28/h1,6-7,12-14,16,20-21H,2-5,8-11,15,17H2. The van der Waals surface area contributed by atoms with E-state index >= 15 is 0 Å². The zero-order valence-electron chi connectivity index (χ0n) is 18.3. The van der Waals surface area contributed by atoms with Crippen LogP contribution in [0.2, 0.25) is 10.0 Å². The van der Waals surface area contributed by atoms with Gasteiger partial charge in [-0.2, -0.15) is 0 Å². The van der Waals surface area contributed by atoms with E-state index < -0.39 is 0 Å². The highest BCUT2D eigenvalue weighted by molar-refractivity contribution is 6.31. The summed E-state index contributed by atoms with van der Waals surface area (Å²) < 4.78 is 2.37. The SMILES string of the molecule is O=C(Cc1ccccc1Cl)N(Cc1nc2ccc(Cl)cc2n1C1CCCC1)C1CCCC1. The summed E-state index contributed by atoms with van der Waals surface area (Å²) in [5.41, 5.74) is 2.93. The summed E-state index contributed by atoms with van der Waals surface area (Å²) in [4.78, 5) is 20.6. The largest absolute Gasteiger partial charge is 0.332 e. The lowest BCUT2D eigenvalue weighted by Crippen LogP contribution is -2.40. The van der Waals surface area contributed by atoms with Gasteiger partial charge in [0, 0.05) is 22.1 Å². The number of nitrogens with zero attached hydrogens (tertiary/aromatic N) is 3. The number of fused-ring (bicyclic) bond motifs is 1. The number of aromatic nitrogens is 2. The van der Waals surface area contributed by atoms with E-state index in [9.17, 15) is 4.79 Å². The molecule has 3 aromatic rings. The molecule has 2 aliphatic carbocycles. The number of benzene rings is 2. The highest BCUT2D eigenvalue weighted by Gasteiger charge is 2.30. The fraction of sp³-hybridized carbons (Fsp3) is 0.462. The number of imidazole rings is 1. The summed E-state index contributed by atoms with van der Waals surface area (Å²) in [6.45, 7) is 0.538. The molecule has 2 aliphatic rings. The molecule has 4 nitrogen and oxygen atoms in total. The first-order valence-corrected chi connectivity index (χ1v) is 12.5. The summed E-state index contributed by atoms with van der Waals surface area (Å²) in [5.74, 6) is 1.11. The van der Waals surface area contributed by atoms with Crippen LogP contribution in [0.4, 0.5) is 0 Å². The second-order valence-electron chi connectivity index (χ2n) is 9.20. The Kier molecular flexibility index (Phi) is 6.43. The Balaban J connectivity index is 1.50. The molecule has 0 atom stereocenters. The van der Waals surface area contributed by atoms with Gasteiger partial charge in [-0.25, -0.2) is 4.98 Å². The average molecular weight is 470 g/mol. The molecule has 0 unspecified atom stereocenters. The predicted octanol–water partition coefficient (Wildman–Crippen LogP) is 6.97. The Bertz CT molecular complexity index is 1110. The van der Waals surface area contributed by atoms with Gasteiger partial charge < -0.3 is 9.47 Å². The molecule has 1 heterocycles. The lowest BCUT2D eigenvalue weighted by molar-refractivity contribution is -0.133. The second-order valence-corrected chi connectivity index (χ2v) is 10.0. The maximum absolute atomic E-state index is 13.6. The van der Waals surface area contributed by atoms with Crippen molar-refractivity contribution in [2.75, 3.05) is 0 Å². The van der Waals surface area contributed by atoms with E-state index in [0.717, 1.165) is 53.1 Å². The molecule has 5 rings (SSSR count). The van der Waals surface area contributed by atoms with Gasteiger partial charge in [0.15, 0.2) is 0 Å². The van der Waals surface area contributed by atoms with Crippen LogP contribution in [0.1, 0.15) is 68.8 Å². The normalized spacial score (nSPS) is 17.4. The highest BCUT2D eigenvalue weighted by atomic mass is 35.5. The lowest BCUT2D eigenvalue weighted by Gasteiger charge is -2.30. The number of hydrogen-bond acceptors (Lipinski definition) is 2. The summed E-state index contributed by atoms with van der Waals surface area (Å²) in [7, 11) is 0. The topological polar surface area (TPSA) is 38.1 Å². The van der Waals surface area contributed by atoms with Gasteiger partial charge in [-0.05, 0) is 55.5 Å². The van der Waals surface area contributed by atoms with Gasteiger partial charge in [-0.3, -0.25) is 4.79 Å². The monoisotopic (exact) mass is 469 g/mol. The number of carbonyl (C=O) groups excluding carboxylic acids is 1. The summed E-state index contributed by atoms with van der Waals surface area (Å²) >= 11 is 12.7. The second kappa shape index (κ2) is 9.44. The lowest BCUT2D eigenvalue weighted by atomic mass is 10.1. The Hall–Kier alpha value is -2.04. The molecule has 1 aromatic heterocycles. The molecule has 0 bridgehead atoms. The van der Waals surface area contributed by atoms with Gasteiger partial charge in [0.25, 0.3) is 0 Å². The Morgan fingerprint density at radius 1 is 1.00 bits per heavy atom. The van der Waals surface area contributed by atoms with Crippen LogP contribution in [-0.2, 0) is 17.8 Å². The molecule has 168 valence electrons. The van der Waals surface area contributed by atoms with E-state index in [0.29, 0.717) is 24.0 Å². The van der Waals surface area contributed by atoms with Crippen LogP contribution in [0.3, 0.4) is 0 Å². The third-order valence-corrected chi connectivity index (χ3v) is 7.72. The van der Waals surface area contributed by atoms with Crippen molar-refractivity contribution in [1.82, 2.24) is 14.5 Å². The van der Waals surface area contributed by atoms with Crippen LogP contribution in [-0.4, -0.2) is 26.4 Å². The number of amides is 1. The van der Waals surface area contributed by atoms with E-state index in [1.54, 1.807) is 0 Å². The number of halogens is 2. The zero-order valence-corrected chi connectivity index (χ0v) is 19.8. The minimum absolute atomic E-state index is 0.132. The van der Waals surface area contributed by atoms with E-state index in [4.69, 9.17) is 28.2 Å². The molecule has 0 saturated heterocycles. The maximum atomic E-state index is 13.6. The molecule has 32 heavy (non-hydrogen) atoms. The number of hydrogen-bond donors (Lipinski definition) is 0. The number of rotatable bonds is 6. The molecule has 2 aromatic carbocycles. The van der Waals surface area contributed by atoms with Crippen LogP contribution >= 0.6 is 23.2 Å². The molecule has 0 spiro atoms. The van der Waals surface area contributed by atoms with E-state index in [2.05, 4.69) is 9.47 Å². The molecular weight excluding hydrogens is 441 g/mol. The molecule has 0 N–H and O–H groups in total. The van der Waals surface area contributed by atoms with Gasteiger partial charge in [0.2, 0.25) is 5.91 Å². The van der Waals surface area contributed by atoms with E-state index in [1.165, 1.54) is 25.7 Å². The van der Waals surface area contributed by atoms with Crippen LogP contribution in [0.25, 0.3) is 11.0 Å². The van der Waals surface area contributed by atoms with Gasteiger partial charge in [0.05, 0.1) is 24.0 Å². The van der Waals surface area contributed by atoms with Crippen molar-refractivity contribution in [1.29, 1.82) is 0 Å². The van der Waals surface area contributed by atoms with Gasteiger partial charge in [-0.15, -0.1) is 0 Å². The van der Waals surface area contributed by atoms with Gasteiger partial charge in [0.1, 0.15) is 5.82 Å². The number of carbonyl (C=O) groups is 1. The molecule has 2 saturated carbocycles. The Morgan fingerprint density at radius 2 is 1.72 bits per heavy atom. The minimum atomic E-state index is 0.132. The van der Waals surface area contributed by atoms with Crippen molar-refractivity contribution >= 4 is 40.1 Å². The Morgan fingerprint density at radius 3 is 2.47 bits per heavy atom. The molecule has 1 amide bonds. The quantitative estimate of drug-likeness (QED) is 0.390. The summed E-state index contributed by atoms with van der Waals surface area (Å²) in [6, 6.07) is 14.3. The van der Waals surface area contributed by atoms with Crippen LogP contribution in [0.15, 0.2) is 42.5 Å². The van der Waals surface area contributed by atoms with Crippen molar-refractivity contribution in [3.63, 3.8) is 0 Å². The molecule has 2 fully saturated rings. The smallest absolute Gasteiger partial charge is 0.227 e. The third kappa shape index (κ3) is 4.40. The first-order valence-electron chi connectivity index (χ1n) is 11.8. The highest BCUT2D eigenvalue weighted by Crippen LogP contribution is 2.36. The van der Waals surface area contributed by atoms with Crippen molar-refractivity contribution in [3.8, 4) is 0 Å². The molecular formula is C26H29Cl2N3O. The van der Waals surface area contributed by atoms with Crippen molar-refractivity contribution in [3.05, 3.63) is 63.9 Å². The van der Waals surface area contributed by atoms with Gasteiger partial charge >= 0.3 is 0 Å². The van der Waals surface area contributed by atoms with E-state index in [-0.39, 0.29) is 11.9 Å². The van der Waals surface area contributed by atoms with Crippen LogP contribution < -0.4 is 0 Å². The van der Waals surface area contributed by atoms with Crippen molar-refractivity contribution in [2.24, 2.45) is 0 Å². The Labute approximate surface area is 199 Å². The molecule has 0 aliphatic heterocycles. The molecule has 6 heteroatoms. The first-order chi connectivity index (χ1) is 15.6. The average Bonchev–Trinajstić information content (AvgIpc) is 3.54. The molecule has 0 radical (unpaired) electrons. The summed E-state index contributed by atoms with van der Waals surface area (Å²) in [5, 5.41) is 1.38.